The van der Waals surface area contributed by atoms with E-state index >= 15 is 4.39 Å². The fourth-order valence-corrected chi connectivity index (χ4v) is 5.71. The SMILES string of the molecule is C1CC2COCCN2C1.CC.COc1nc(N)c2c(OC(C)CC3CCN3)nc(-c3cc(N)nc(C)c3C(F)(F)F)c(F)c2n1. The van der Waals surface area contributed by atoms with E-state index in [0.29, 0.717) is 6.42 Å². The summed E-state index contributed by atoms with van der Waals surface area (Å²) in [5.41, 5.74) is 8.50. The number of aromatic nitrogens is 4. The quantitative estimate of drug-likeness (QED) is 0.322. The second kappa shape index (κ2) is 14.7. The number of anilines is 2. The maximum Gasteiger partial charge on any atom is 0.418 e. The molecule has 0 spiro atoms. The van der Waals surface area contributed by atoms with Crippen molar-refractivity contribution < 1.29 is 31.8 Å². The van der Waals surface area contributed by atoms with Gasteiger partial charge in [0.05, 0.1) is 37.7 Å². The molecule has 3 aromatic heterocycles. The zero-order valence-corrected chi connectivity index (χ0v) is 26.3. The Bertz CT molecular complexity index is 1460. The number of nitrogens with two attached hydrogens (primary N) is 2. The molecule has 15 heteroatoms. The smallest absolute Gasteiger partial charge is 0.418 e. The second-order valence-corrected chi connectivity index (χ2v) is 11.0. The number of nitrogens with zero attached hydrogens (tertiary/aromatic N) is 5. The van der Waals surface area contributed by atoms with Gasteiger partial charge in [-0.15, -0.1) is 0 Å². The lowest BCUT2D eigenvalue weighted by atomic mass is 10.0. The summed E-state index contributed by atoms with van der Waals surface area (Å²) in [6.45, 7) is 12.2. The van der Waals surface area contributed by atoms with Gasteiger partial charge in [-0.1, -0.05) is 13.8 Å². The number of nitrogens with one attached hydrogen (secondary N) is 1. The number of morpholine rings is 1. The highest BCUT2D eigenvalue weighted by Gasteiger charge is 2.38. The predicted molar refractivity (Wildman–Crippen MR) is 164 cm³/mol. The Kier molecular flexibility index (Phi) is 11.2. The molecular weight excluding hydrogens is 596 g/mol. The van der Waals surface area contributed by atoms with Crippen LogP contribution in [0.5, 0.6) is 11.9 Å². The molecule has 3 atom stereocenters. The first kappa shape index (κ1) is 34.3. The molecule has 0 aliphatic carbocycles. The first-order valence-corrected chi connectivity index (χ1v) is 15.2. The number of methoxy groups -OCH3 is 1. The van der Waals surface area contributed by atoms with E-state index in [0.717, 1.165) is 45.2 Å². The van der Waals surface area contributed by atoms with Gasteiger partial charge in [-0.2, -0.15) is 23.1 Å². The molecule has 6 heterocycles. The van der Waals surface area contributed by atoms with Crippen LogP contribution < -0.4 is 26.3 Å². The molecule has 3 unspecified atom stereocenters. The van der Waals surface area contributed by atoms with Crippen LogP contribution in [0.4, 0.5) is 29.2 Å². The normalized spacial score (nSPS) is 20.2. The van der Waals surface area contributed by atoms with Gasteiger partial charge in [0.25, 0.3) is 0 Å². The van der Waals surface area contributed by atoms with Gasteiger partial charge in [0, 0.05) is 24.2 Å². The third kappa shape index (κ3) is 7.82. The highest BCUT2D eigenvalue weighted by Crippen LogP contribution is 2.43. The van der Waals surface area contributed by atoms with Crippen molar-refractivity contribution in [2.75, 3.05) is 51.4 Å². The van der Waals surface area contributed by atoms with Gasteiger partial charge in [-0.05, 0) is 58.7 Å². The number of fused-ring (bicyclic) bond motifs is 2. The van der Waals surface area contributed by atoms with Crippen LogP contribution in [0, 0.1) is 12.7 Å². The van der Waals surface area contributed by atoms with Gasteiger partial charge in [0.1, 0.15) is 28.2 Å². The first-order chi connectivity index (χ1) is 21.5. The van der Waals surface area contributed by atoms with E-state index in [2.05, 4.69) is 30.2 Å². The summed E-state index contributed by atoms with van der Waals surface area (Å²) >= 11 is 0. The van der Waals surface area contributed by atoms with E-state index in [9.17, 15) is 13.2 Å². The van der Waals surface area contributed by atoms with E-state index in [1.54, 1.807) is 6.92 Å². The van der Waals surface area contributed by atoms with Crippen LogP contribution in [0.3, 0.4) is 0 Å². The molecule has 3 aromatic rings. The van der Waals surface area contributed by atoms with Crippen molar-refractivity contribution in [3.8, 4) is 23.1 Å². The lowest BCUT2D eigenvalue weighted by molar-refractivity contribution is -0.137. The minimum Gasteiger partial charge on any atom is -0.474 e. The van der Waals surface area contributed by atoms with Crippen molar-refractivity contribution in [2.45, 2.75) is 77.7 Å². The summed E-state index contributed by atoms with van der Waals surface area (Å²) in [6.07, 6.45) is -0.963. The van der Waals surface area contributed by atoms with Gasteiger partial charge >= 0.3 is 12.2 Å². The van der Waals surface area contributed by atoms with E-state index in [1.165, 1.54) is 33.0 Å². The Hall–Kier alpha value is -3.56. The number of alkyl halides is 3. The fourth-order valence-electron chi connectivity index (χ4n) is 5.71. The minimum absolute atomic E-state index is 0.0669. The Morgan fingerprint density at radius 2 is 1.87 bits per heavy atom. The standard InChI is InChI=1S/C21H23F4N7O2.C7H13NO.C2H6/c1-8(6-10-4-5-28-10)34-19-13-17(31-20(33-3)32-18(13)27)15(22)16(30-19)11-7-12(26)29-9(2)14(11)21(23,24)25;1-2-7-6-9-5-4-8(7)3-1;1-2/h7-8,10,28H,4-6H2,1-3H3,(H2,26,29)(H2,27,31,32);7H,1-6H2;1-2H3. The molecule has 248 valence electrons. The first-order valence-electron chi connectivity index (χ1n) is 15.2. The summed E-state index contributed by atoms with van der Waals surface area (Å²) in [4.78, 5) is 18.3. The molecule has 3 saturated heterocycles. The van der Waals surface area contributed by atoms with E-state index < -0.39 is 40.6 Å². The van der Waals surface area contributed by atoms with Crippen LogP contribution in [0.1, 0.15) is 57.7 Å². The summed E-state index contributed by atoms with van der Waals surface area (Å²) in [6, 6.07) is 1.66. The van der Waals surface area contributed by atoms with Gasteiger partial charge < -0.3 is 31.0 Å². The summed E-state index contributed by atoms with van der Waals surface area (Å²) < 4.78 is 73.7. The molecule has 0 radical (unpaired) electrons. The molecule has 5 N–H and O–H groups in total. The molecule has 3 aliphatic rings. The number of halogens is 4. The van der Waals surface area contributed by atoms with Crippen LogP contribution >= 0.6 is 0 Å². The van der Waals surface area contributed by atoms with E-state index in [-0.39, 0.29) is 40.5 Å². The molecule has 0 saturated carbocycles. The topological polar surface area (TPSA) is 147 Å². The van der Waals surface area contributed by atoms with Gasteiger partial charge in [-0.3, -0.25) is 4.90 Å². The lowest BCUT2D eigenvalue weighted by Crippen LogP contribution is -2.45. The minimum atomic E-state index is -4.85. The Labute approximate surface area is 260 Å². The molecule has 3 aliphatic heterocycles. The lowest BCUT2D eigenvalue weighted by Gasteiger charge is -2.30. The number of rotatable bonds is 6. The molecule has 0 amide bonds. The van der Waals surface area contributed by atoms with Gasteiger partial charge in [0.15, 0.2) is 5.82 Å². The molecule has 45 heavy (non-hydrogen) atoms. The zero-order chi connectivity index (χ0) is 32.9. The number of pyridine rings is 2. The van der Waals surface area contributed by atoms with Crippen LogP contribution in [0.25, 0.3) is 22.2 Å². The third-order valence-corrected chi connectivity index (χ3v) is 7.89. The molecule has 0 bridgehead atoms. The van der Waals surface area contributed by atoms with E-state index in [4.69, 9.17) is 25.7 Å². The largest absolute Gasteiger partial charge is 0.474 e. The summed E-state index contributed by atoms with van der Waals surface area (Å²) in [5, 5.41) is 3.17. The molecule has 11 nitrogen and oxygen atoms in total. The number of aryl methyl sites for hydroxylation is 1. The van der Waals surface area contributed by atoms with Crippen molar-refractivity contribution in [1.82, 2.24) is 30.2 Å². The average Bonchev–Trinajstić information content (AvgIpc) is 3.45. The van der Waals surface area contributed by atoms with Crippen molar-refractivity contribution in [2.24, 2.45) is 0 Å². The third-order valence-electron chi connectivity index (χ3n) is 7.89. The van der Waals surface area contributed by atoms with Crippen LogP contribution in [0.2, 0.25) is 0 Å². The van der Waals surface area contributed by atoms with E-state index in [1.807, 2.05) is 13.8 Å². The zero-order valence-electron chi connectivity index (χ0n) is 26.3. The van der Waals surface area contributed by atoms with Crippen molar-refractivity contribution >= 4 is 22.5 Å². The average molecular weight is 639 g/mol. The predicted octanol–water partition coefficient (Wildman–Crippen LogP) is 4.75. The number of hydrogen-bond donors (Lipinski definition) is 3. The van der Waals surface area contributed by atoms with Gasteiger partial charge in [0.2, 0.25) is 5.88 Å². The number of hydrogen-bond acceptors (Lipinski definition) is 11. The maximum atomic E-state index is 15.7. The molecular formula is C30H42F4N8O3. The number of nitrogen functional groups attached to an aromatic ring is 2. The second-order valence-electron chi connectivity index (χ2n) is 11.0. The van der Waals surface area contributed by atoms with Crippen molar-refractivity contribution in [3.63, 3.8) is 0 Å². The summed E-state index contributed by atoms with van der Waals surface area (Å²) in [5.74, 6) is -1.77. The molecule has 6 rings (SSSR count). The Morgan fingerprint density at radius 1 is 1.13 bits per heavy atom. The van der Waals surface area contributed by atoms with Crippen LogP contribution in [0.15, 0.2) is 6.07 Å². The highest BCUT2D eigenvalue weighted by molar-refractivity contribution is 5.95. The highest BCUT2D eigenvalue weighted by atomic mass is 19.4. The Balaban J connectivity index is 0.000000352. The van der Waals surface area contributed by atoms with Crippen molar-refractivity contribution in [1.29, 1.82) is 0 Å². The van der Waals surface area contributed by atoms with Gasteiger partial charge in [-0.25, -0.2) is 14.4 Å². The molecule has 0 aromatic carbocycles. The molecule has 3 fully saturated rings. The van der Waals surface area contributed by atoms with Crippen molar-refractivity contribution in [3.05, 3.63) is 23.1 Å². The maximum absolute atomic E-state index is 15.7. The summed E-state index contributed by atoms with van der Waals surface area (Å²) in [7, 11) is 1.25. The Morgan fingerprint density at radius 3 is 2.49 bits per heavy atom. The fraction of sp³-hybridized carbons (Fsp3) is 0.600. The van der Waals surface area contributed by atoms with Crippen LogP contribution in [-0.4, -0.2) is 83.0 Å². The number of ether oxygens (including phenoxy) is 3. The monoisotopic (exact) mass is 638 g/mol. The van der Waals surface area contributed by atoms with Crippen LogP contribution in [-0.2, 0) is 10.9 Å².